The predicted molar refractivity (Wildman–Crippen MR) is 90.7 cm³/mol. The van der Waals surface area contributed by atoms with Crippen molar-refractivity contribution in [1.29, 1.82) is 0 Å². The van der Waals surface area contributed by atoms with Crippen LogP contribution in [0, 0.1) is 0 Å². The third kappa shape index (κ3) is 4.73. The summed E-state index contributed by atoms with van der Waals surface area (Å²) in [5.41, 5.74) is -0.184. The van der Waals surface area contributed by atoms with Gasteiger partial charge in [0, 0.05) is 10.4 Å². The Kier molecular flexibility index (Phi) is 5.07. The van der Waals surface area contributed by atoms with E-state index in [2.05, 4.69) is 15.5 Å². The molecule has 0 aliphatic heterocycles. The molecule has 1 aromatic carbocycles. The number of anilines is 1. The predicted octanol–water partition coefficient (Wildman–Crippen LogP) is 2.90. The van der Waals surface area contributed by atoms with Crippen molar-refractivity contribution in [2.75, 3.05) is 11.1 Å². The van der Waals surface area contributed by atoms with Crippen LogP contribution in [0.3, 0.4) is 0 Å². The molecule has 0 spiro atoms. The minimum Gasteiger partial charge on any atom is -0.300 e. The zero-order chi connectivity index (χ0) is 17.3. The summed E-state index contributed by atoms with van der Waals surface area (Å²) >= 11 is 6.95. The van der Waals surface area contributed by atoms with Crippen LogP contribution in [0.4, 0.5) is 5.13 Å². The molecule has 0 unspecified atom stereocenters. The monoisotopic (exact) mass is 373 g/mol. The second-order valence-corrected chi connectivity index (χ2v) is 9.33. The molecule has 124 valence electrons. The molecule has 2 aromatic rings. The fourth-order valence-electron chi connectivity index (χ4n) is 1.63. The number of hydrogen-bond acceptors (Lipinski definition) is 6. The number of halogens is 1. The summed E-state index contributed by atoms with van der Waals surface area (Å²) in [6, 6.07) is 5.67. The summed E-state index contributed by atoms with van der Waals surface area (Å²) in [4.78, 5) is 12.0. The quantitative estimate of drug-likeness (QED) is 0.889. The fourth-order valence-corrected chi connectivity index (χ4v) is 3.71. The third-order valence-corrected chi connectivity index (χ3v) is 5.96. The van der Waals surface area contributed by atoms with Crippen molar-refractivity contribution >= 4 is 43.8 Å². The molecule has 9 heteroatoms. The lowest BCUT2D eigenvalue weighted by Crippen LogP contribution is -2.22. The topological polar surface area (TPSA) is 89.0 Å². The Bertz CT molecular complexity index is 809. The summed E-state index contributed by atoms with van der Waals surface area (Å²) in [7, 11) is -3.73. The van der Waals surface area contributed by atoms with Crippen LogP contribution < -0.4 is 5.32 Å². The Morgan fingerprint density at radius 1 is 1.22 bits per heavy atom. The maximum Gasteiger partial charge on any atom is 0.241 e. The molecule has 1 aromatic heterocycles. The first-order chi connectivity index (χ1) is 10.6. The highest BCUT2D eigenvalue weighted by Crippen LogP contribution is 2.27. The van der Waals surface area contributed by atoms with E-state index in [9.17, 15) is 13.2 Å². The molecule has 0 fully saturated rings. The van der Waals surface area contributed by atoms with E-state index in [1.165, 1.54) is 35.6 Å². The molecule has 0 aliphatic carbocycles. The van der Waals surface area contributed by atoms with Gasteiger partial charge in [-0.05, 0) is 24.3 Å². The van der Waals surface area contributed by atoms with E-state index in [-0.39, 0.29) is 15.4 Å². The van der Waals surface area contributed by atoms with Crippen molar-refractivity contribution in [2.45, 2.75) is 31.1 Å². The van der Waals surface area contributed by atoms with Crippen molar-refractivity contribution in [2.24, 2.45) is 0 Å². The van der Waals surface area contributed by atoms with Gasteiger partial charge in [-0.3, -0.25) is 10.1 Å². The zero-order valence-corrected chi connectivity index (χ0v) is 15.2. The Hall–Kier alpha value is -1.51. The number of amides is 1. The molecule has 0 saturated heterocycles. The number of nitrogens with one attached hydrogen (secondary N) is 1. The number of carbonyl (C=O) groups is 1. The van der Waals surface area contributed by atoms with Crippen LogP contribution in [0.1, 0.15) is 25.8 Å². The lowest BCUT2D eigenvalue weighted by molar-refractivity contribution is -0.113. The van der Waals surface area contributed by atoms with E-state index in [0.29, 0.717) is 5.02 Å². The molecule has 1 heterocycles. The number of nitrogens with zero attached hydrogens (tertiary/aromatic N) is 2. The van der Waals surface area contributed by atoms with E-state index >= 15 is 0 Å². The summed E-state index contributed by atoms with van der Waals surface area (Å²) in [5, 5.41) is 11.8. The van der Waals surface area contributed by atoms with E-state index in [1.807, 2.05) is 20.8 Å². The molecule has 23 heavy (non-hydrogen) atoms. The number of carbonyl (C=O) groups excluding carboxylic acids is 1. The molecule has 0 saturated carbocycles. The SMILES string of the molecule is CC(C)(C)c1nnc(NC(=O)CS(=O)(=O)c2ccc(Cl)cc2)s1. The summed E-state index contributed by atoms with van der Waals surface area (Å²) < 4.78 is 24.3. The van der Waals surface area contributed by atoms with Gasteiger partial charge in [0.1, 0.15) is 10.8 Å². The second-order valence-electron chi connectivity index (χ2n) is 5.92. The van der Waals surface area contributed by atoms with Crippen LogP contribution in [-0.4, -0.2) is 30.3 Å². The van der Waals surface area contributed by atoms with E-state index in [1.54, 1.807) is 0 Å². The van der Waals surface area contributed by atoms with Gasteiger partial charge in [0.05, 0.1) is 4.90 Å². The average Bonchev–Trinajstić information content (AvgIpc) is 2.86. The molecular formula is C14H16ClN3O3S2. The fraction of sp³-hybridized carbons (Fsp3) is 0.357. The Morgan fingerprint density at radius 3 is 2.35 bits per heavy atom. The van der Waals surface area contributed by atoms with Crippen molar-refractivity contribution in [3.8, 4) is 0 Å². The number of benzene rings is 1. The largest absolute Gasteiger partial charge is 0.300 e. The maximum absolute atomic E-state index is 12.2. The minimum atomic E-state index is -3.73. The molecule has 6 nitrogen and oxygen atoms in total. The number of rotatable bonds is 4. The highest BCUT2D eigenvalue weighted by atomic mass is 35.5. The van der Waals surface area contributed by atoms with Crippen molar-refractivity contribution in [1.82, 2.24) is 10.2 Å². The Balaban J connectivity index is 2.07. The van der Waals surface area contributed by atoms with Gasteiger partial charge in [-0.15, -0.1) is 10.2 Å². The van der Waals surface area contributed by atoms with Crippen LogP contribution in [-0.2, 0) is 20.0 Å². The molecule has 2 rings (SSSR count). The smallest absolute Gasteiger partial charge is 0.241 e. The average molecular weight is 374 g/mol. The summed E-state index contributed by atoms with van der Waals surface area (Å²) in [6.07, 6.45) is 0. The van der Waals surface area contributed by atoms with Crippen LogP contribution in [0.25, 0.3) is 0 Å². The van der Waals surface area contributed by atoms with Gasteiger partial charge in [-0.1, -0.05) is 43.7 Å². The highest BCUT2D eigenvalue weighted by Gasteiger charge is 2.22. The van der Waals surface area contributed by atoms with Crippen molar-refractivity contribution in [3.05, 3.63) is 34.3 Å². The minimum absolute atomic E-state index is 0.0460. The first kappa shape index (κ1) is 17.8. The van der Waals surface area contributed by atoms with E-state index < -0.39 is 21.5 Å². The summed E-state index contributed by atoms with van der Waals surface area (Å²) in [5.74, 6) is -1.32. The first-order valence-electron chi connectivity index (χ1n) is 6.70. The van der Waals surface area contributed by atoms with Crippen LogP contribution in [0.2, 0.25) is 5.02 Å². The molecule has 1 N–H and O–H groups in total. The molecule has 0 bridgehead atoms. The lowest BCUT2D eigenvalue weighted by Gasteiger charge is -2.12. The maximum atomic E-state index is 12.2. The number of aromatic nitrogens is 2. The van der Waals surface area contributed by atoms with Gasteiger partial charge in [-0.2, -0.15) is 0 Å². The van der Waals surface area contributed by atoms with Crippen LogP contribution in [0.15, 0.2) is 29.2 Å². The van der Waals surface area contributed by atoms with Crippen LogP contribution >= 0.6 is 22.9 Å². The Labute approximate surface area is 143 Å². The zero-order valence-electron chi connectivity index (χ0n) is 12.8. The lowest BCUT2D eigenvalue weighted by atomic mass is 9.98. The van der Waals surface area contributed by atoms with Crippen molar-refractivity contribution < 1.29 is 13.2 Å². The summed E-state index contributed by atoms with van der Waals surface area (Å²) in [6.45, 7) is 5.93. The highest BCUT2D eigenvalue weighted by molar-refractivity contribution is 7.92. The van der Waals surface area contributed by atoms with Gasteiger partial charge in [0.25, 0.3) is 0 Å². The molecule has 0 radical (unpaired) electrons. The Morgan fingerprint density at radius 2 is 1.83 bits per heavy atom. The van der Waals surface area contributed by atoms with Crippen molar-refractivity contribution in [3.63, 3.8) is 0 Å². The molecule has 0 atom stereocenters. The van der Waals surface area contributed by atoms with E-state index in [4.69, 9.17) is 11.6 Å². The van der Waals surface area contributed by atoms with Gasteiger partial charge in [-0.25, -0.2) is 8.42 Å². The van der Waals surface area contributed by atoms with E-state index in [0.717, 1.165) is 5.01 Å². The third-order valence-electron chi connectivity index (χ3n) is 2.81. The van der Waals surface area contributed by atoms with Gasteiger partial charge in [0.2, 0.25) is 11.0 Å². The van der Waals surface area contributed by atoms with Gasteiger partial charge < -0.3 is 0 Å². The normalized spacial score (nSPS) is 12.2. The second kappa shape index (κ2) is 6.54. The van der Waals surface area contributed by atoms with Crippen LogP contribution in [0.5, 0.6) is 0 Å². The molecule has 1 amide bonds. The number of sulfone groups is 1. The molecular weight excluding hydrogens is 358 g/mol. The van der Waals surface area contributed by atoms with Gasteiger partial charge >= 0.3 is 0 Å². The first-order valence-corrected chi connectivity index (χ1v) is 9.55. The van der Waals surface area contributed by atoms with Gasteiger partial charge in [0.15, 0.2) is 9.84 Å². The molecule has 0 aliphatic rings. The number of hydrogen-bond donors (Lipinski definition) is 1. The standard InChI is InChI=1S/C14H16ClN3O3S2/c1-14(2,3)12-17-18-13(22-12)16-11(19)8-23(20,21)10-6-4-9(15)5-7-10/h4-7H,8H2,1-3H3,(H,16,18,19).